The van der Waals surface area contributed by atoms with Crippen LogP contribution in [0.5, 0.6) is 0 Å². The lowest BCUT2D eigenvalue weighted by Crippen LogP contribution is -2.40. The van der Waals surface area contributed by atoms with Gasteiger partial charge in [0.2, 0.25) is 0 Å². The number of aryl methyl sites for hydroxylation is 1. The van der Waals surface area contributed by atoms with Crippen LogP contribution in [0.4, 0.5) is 4.79 Å². The molecular weight excluding hydrogens is 324 g/mol. The molecule has 0 aliphatic carbocycles. The van der Waals surface area contributed by atoms with E-state index in [0.29, 0.717) is 11.3 Å². The number of hydrogen-bond acceptors (Lipinski definition) is 5. The molecule has 1 aromatic heterocycles. The largest absolute Gasteiger partial charge is 0.467 e. The summed E-state index contributed by atoms with van der Waals surface area (Å²) in [4.78, 5) is 37.7. The Hall–Kier alpha value is -3.09. The molecule has 1 atom stereocenters. The van der Waals surface area contributed by atoms with E-state index < -0.39 is 17.5 Å². The molecule has 0 unspecified atom stereocenters. The van der Waals surface area contributed by atoms with Crippen molar-refractivity contribution in [2.24, 2.45) is 0 Å². The Kier molecular flexibility index (Phi) is 4.08. The van der Waals surface area contributed by atoms with Crippen LogP contribution in [0.3, 0.4) is 0 Å². The number of carbonyl (C=O) groups is 3. The standard InChI is InChI=1S/C18H18N2O5/c1-11-4-6-13(7-5-11)18(2)16(22)20(17(23)19-18)9-14-8-12(10-25-14)15(21)24-3/h4-8,10H,9H2,1-3H3,(H,19,23)/t18-/m0/s1. The summed E-state index contributed by atoms with van der Waals surface area (Å²) in [5.74, 6) is -0.605. The van der Waals surface area contributed by atoms with Gasteiger partial charge in [0.25, 0.3) is 5.91 Å². The van der Waals surface area contributed by atoms with Gasteiger partial charge in [-0.2, -0.15) is 0 Å². The zero-order valence-corrected chi connectivity index (χ0v) is 14.2. The first-order valence-corrected chi connectivity index (χ1v) is 7.72. The van der Waals surface area contributed by atoms with Crippen molar-refractivity contribution >= 4 is 17.9 Å². The zero-order valence-electron chi connectivity index (χ0n) is 14.2. The third kappa shape index (κ3) is 2.88. The van der Waals surface area contributed by atoms with E-state index >= 15 is 0 Å². The van der Waals surface area contributed by atoms with Crippen LogP contribution in [0.15, 0.2) is 41.0 Å². The fourth-order valence-electron chi connectivity index (χ4n) is 2.77. The molecular formula is C18H18N2O5. The number of benzene rings is 1. The molecule has 1 aliphatic rings. The van der Waals surface area contributed by atoms with Gasteiger partial charge in [-0.25, -0.2) is 9.59 Å². The Balaban J connectivity index is 1.83. The zero-order chi connectivity index (χ0) is 18.2. The normalized spacial score (nSPS) is 19.9. The van der Waals surface area contributed by atoms with Crippen LogP contribution < -0.4 is 5.32 Å². The van der Waals surface area contributed by atoms with Gasteiger partial charge < -0.3 is 14.5 Å². The minimum absolute atomic E-state index is 0.0664. The van der Waals surface area contributed by atoms with E-state index in [1.807, 2.05) is 31.2 Å². The number of carbonyl (C=O) groups excluding carboxylic acids is 3. The van der Waals surface area contributed by atoms with E-state index in [2.05, 4.69) is 10.1 Å². The average Bonchev–Trinajstić information content (AvgIpc) is 3.14. The SMILES string of the molecule is COC(=O)c1coc(CN2C(=O)N[C@@](C)(c3ccc(C)cc3)C2=O)c1. The second-order valence-electron chi connectivity index (χ2n) is 6.11. The number of hydrogen-bond donors (Lipinski definition) is 1. The topological polar surface area (TPSA) is 88.8 Å². The van der Waals surface area contributed by atoms with Gasteiger partial charge in [-0.15, -0.1) is 0 Å². The van der Waals surface area contributed by atoms with E-state index in [1.165, 1.54) is 19.4 Å². The number of ether oxygens (including phenoxy) is 1. The van der Waals surface area contributed by atoms with Gasteiger partial charge >= 0.3 is 12.0 Å². The summed E-state index contributed by atoms with van der Waals surface area (Å²) in [7, 11) is 1.26. The number of methoxy groups -OCH3 is 1. The Labute approximate surface area is 144 Å². The Morgan fingerprint density at radius 1 is 1.28 bits per heavy atom. The maximum absolute atomic E-state index is 12.8. The highest BCUT2D eigenvalue weighted by molar-refractivity contribution is 6.07. The van der Waals surface area contributed by atoms with Gasteiger partial charge in [0.05, 0.1) is 19.2 Å². The highest BCUT2D eigenvalue weighted by Gasteiger charge is 2.49. The maximum atomic E-state index is 12.8. The van der Waals surface area contributed by atoms with Crippen molar-refractivity contribution in [3.05, 3.63) is 59.0 Å². The molecule has 7 heteroatoms. The Bertz CT molecular complexity index is 839. The van der Waals surface area contributed by atoms with Crippen molar-refractivity contribution in [3.8, 4) is 0 Å². The smallest absolute Gasteiger partial charge is 0.341 e. The highest BCUT2D eigenvalue weighted by atomic mass is 16.5. The first-order chi connectivity index (χ1) is 11.8. The van der Waals surface area contributed by atoms with E-state index in [1.54, 1.807) is 6.92 Å². The molecule has 0 bridgehead atoms. The van der Waals surface area contributed by atoms with E-state index in [-0.39, 0.29) is 18.0 Å². The molecule has 1 saturated heterocycles. The molecule has 2 heterocycles. The number of amides is 3. The highest BCUT2D eigenvalue weighted by Crippen LogP contribution is 2.30. The quantitative estimate of drug-likeness (QED) is 0.680. The number of nitrogens with zero attached hydrogens (tertiary/aromatic N) is 1. The van der Waals surface area contributed by atoms with Crippen molar-refractivity contribution in [1.29, 1.82) is 0 Å². The molecule has 1 aromatic carbocycles. The first-order valence-electron chi connectivity index (χ1n) is 7.72. The molecule has 3 rings (SSSR count). The molecule has 7 nitrogen and oxygen atoms in total. The number of urea groups is 1. The summed E-state index contributed by atoms with van der Waals surface area (Å²) in [6.45, 7) is 3.55. The van der Waals surface area contributed by atoms with Crippen LogP contribution >= 0.6 is 0 Å². The fourth-order valence-corrected chi connectivity index (χ4v) is 2.77. The molecule has 1 fully saturated rings. The van der Waals surface area contributed by atoms with E-state index in [9.17, 15) is 14.4 Å². The van der Waals surface area contributed by atoms with Crippen LogP contribution in [0, 0.1) is 6.92 Å². The molecule has 0 saturated carbocycles. The molecule has 3 amide bonds. The predicted octanol–water partition coefficient (Wildman–Crippen LogP) is 2.34. The fraction of sp³-hybridized carbons (Fsp3) is 0.278. The van der Waals surface area contributed by atoms with Gasteiger partial charge in [0.15, 0.2) is 0 Å². The predicted molar refractivity (Wildman–Crippen MR) is 87.7 cm³/mol. The summed E-state index contributed by atoms with van der Waals surface area (Å²) in [6.07, 6.45) is 1.23. The monoisotopic (exact) mass is 342 g/mol. The number of rotatable bonds is 4. The number of imide groups is 1. The van der Waals surface area contributed by atoms with Gasteiger partial charge in [-0.05, 0) is 25.5 Å². The van der Waals surface area contributed by atoms with Gasteiger partial charge in [0, 0.05) is 0 Å². The summed E-state index contributed by atoms with van der Waals surface area (Å²) in [5, 5.41) is 2.73. The van der Waals surface area contributed by atoms with Crippen molar-refractivity contribution in [2.75, 3.05) is 7.11 Å². The summed E-state index contributed by atoms with van der Waals surface area (Å²) >= 11 is 0. The molecule has 0 radical (unpaired) electrons. The van der Waals surface area contributed by atoms with Crippen molar-refractivity contribution < 1.29 is 23.5 Å². The van der Waals surface area contributed by atoms with Gasteiger partial charge in [0.1, 0.15) is 17.6 Å². The third-order valence-electron chi connectivity index (χ3n) is 4.29. The molecule has 1 aliphatic heterocycles. The summed E-state index contributed by atoms with van der Waals surface area (Å²) in [6, 6.07) is 8.35. The minimum atomic E-state index is -1.14. The Morgan fingerprint density at radius 2 is 1.96 bits per heavy atom. The molecule has 2 aromatic rings. The van der Waals surface area contributed by atoms with Crippen LogP contribution in [0.25, 0.3) is 0 Å². The lowest BCUT2D eigenvalue weighted by molar-refractivity contribution is -0.131. The molecule has 0 spiro atoms. The van der Waals surface area contributed by atoms with Gasteiger partial charge in [-0.3, -0.25) is 9.69 Å². The second kappa shape index (κ2) is 6.08. The maximum Gasteiger partial charge on any atom is 0.341 e. The van der Waals surface area contributed by atoms with Crippen molar-refractivity contribution in [1.82, 2.24) is 10.2 Å². The molecule has 1 N–H and O–H groups in total. The van der Waals surface area contributed by atoms with Crippen LogP contribution in [0.1, 0.15) is 34.2 Å². The molecule has 25 heavy (non-hydrogen) atoms. The van der Waals surface area contributed by atoms with E-state index in [4.69, 9.17) is 4.42 Å². The second-order valence-corrected chi connectivity index (χ2v) is 6.11. The number of esters is 1. The van der Waals surface area contributed by atoms with Crippen LogP contribution in [0.2, 0.25) is 0 Å². The third-order valence-corrected chi connectivity index (χ3v) is 4.29. The number of furan rings is 1. The number of nitrogens with one attached hydrogen (secondary N) is 1. The van der Waals surface area contributed by atoms with Crippen LogP contribution in [-0.2, 0) is 21.6 Å². The average molecular weight is 342 g/mol. The first kappa shape index (κ1) is 16.8. The Morgan fingerprint density at radius 3 is 2.60 bits per heavy atom. The van der Waals surface area contributed by atoms with Crippen LogP contribution in [-0.4, -0.2) is 29.9 Å². The van der Waals surface area contributed by atoms with Crippen molar-refractivity contribution in [3.63, 3.8) is 0 Å². The lowest BCUT2D eigenvalue weighted by Gasteiger charge is -2.22. The minimum Gasteiger partial charge on any atom is -0.467 e. The lowest BCUT2D eigenvalue weighted by atomic mass is 9.91. The van der Waals surface area contributed by atoms with E-state index in [0.717, 1.165) is 10.5 Å². The molecule has 130 valence electrons. The summed E-state index contributed by atoms with van der Waals surface area (Å²) in [5.41, 5.74) is 0.856. The summed E-state index contributed by atoms with van der Waals surface area (Å²) < 4.78 is 9.86. The van der Waals surface area contributed by atoms with Crippen molar-refractivity contribution in [2.45, 2.75) is 25.9 Å². The van der Waals surface area contributed by atoms with Gasteiger partial charge in [-0.1, -0.05) is 29.8 Å².